The van der Waals surface area contributed by atoms with Crippen molar-refractivity contribution in [1.82, 2.24) is 4.98 Å². The molecule has 0 amide bonds. The zero-order valence-corrected chi connectivity index (χ0v) is 8.09. The molecule has 15 heavy (non-hydrogen) atoms. The minimum Gasteiger partial charge on any atom is -0.473 e. The fourth-order valence-electron chi connectivity index (χ4n) is 0.874. The Bertz CT molecular complexity index is 336. The van der Waals surface area contributed by atoms with Gasteiger partial charge in [-0.25, -0.2) is 14.6 Å². The average Bonchev–Trinajstić information content (AvgIpc) is 2.21. The van der Waals surface area contributed by atoms with Gasteiger partial charge in [0.1, 0.15) is 6.61 Å². The predicted octanol–water partition coefficient (Wildman–Crippen LogP) is 0.671. The van der Waals surface area contributed by atoms with Crippen LogP contribution in [0.3, 0.4) is 0 Å². The fourth-order valence-corrected chi connectivity index (χ4v) is 0.874. The van der Waals surface area contributed by atoms with Gasteiger partial charge in [0.05, 0.1) is 6.61 Å². The van der Waals surface area contributed by atoms with Gasteiger partial charge in [-0.15, -0.1) is 0 Å². The Labute approximate surface area is 85.2 Å². The number of hydrogen-bond donors (Lipinski definition) is 2. The maximum Gasteiger partial charge on any atom is 0.252 e. The molecule has 5 nitrogen and oxygen atoms in total. The van der Waals surface area contributed by atoms with Crippen molar-refractivity contribution in [3.63, 3.8) is 0 Å². The van der Waals surface area contributed by atoms with E-state index in [0.717, 1.165) is 0 Å². The Morgan fingerprint density at radius 3 is 2.73 bits per heavy atom. The van der Waals surface area contributed by atoms with Crippen LogP contribution in [-0.4, -0.2) is 25.3 Å². The molecule has 0 saturated heterocycles. The minimum atomic E-state index is -0.886. The van der Waals surface area contributed by atoms with Crippen LogP contribution < -0.4 is 16.0 Å². The summed E-state index contributed by atoms with van der Waals surface area (Å²) in [4.78, 5) is 3.50. The molecule has 84 valence electrons. The molecule has 1 rings (SSSR count). The van der Waals surface area contributed by atoms with Gasteiger partial charge in [-0.05, 0) is 0 Å². The Kier molecular flexibility index (Phi) is 4.19. The summed E-state index contributed by atoms with van der Waals surface area (Å²) in [6.07, 6.45) is 0. The van der Waals surface area contributed by atoms with E-state index < -0.39 is 11.6 Å². The largest absolute Gasteiger partial charge is 0.473 e. The van der Waals surface area contributed by atoms with Gasteiger partial charge in [-0.1, -0.05) is 0 Å². The lowest BCUT2D eigenvalue weighted by atomic mass is 10.4. The van der Waals surface area contributed by atoms with E-state index in [4.69, 9.17) is 15.3 Å². The summed E-state index contributed by atoms with van der Waals surface area (Å²) in [5.41, 5.74) is 1.99. The summed E-state index contributed by atoms with van der Waals surface area (Å²) in [6, 6.07) is 0.643. The summed E-state index contributed by atoms with van der Waals surface area (Å²) < 4.78 is 35.5. The first-order valence-corrected chi connectivity index (χ1v) is 4.13. The maximum atomic E-state index is 13.1. The molecule has 0 aliphatic heterocycles. The topological polar surface area (TPSA) is 69.4 Å². The molecule has 0 saturated carbocycles. The van der Waals surface area contributed by atoms with Gasteiger partial charge in [0, 0.05) is 13.2 Å². The number of nitrogens with zero attached hydrogens (tertiary/aromatic N) is 1. The third-order valence-electron chi connectivity index (χ3n) is 1.56. The van der Waals surface area contributed by atoms with Crippen molar-refractivity contribution in [2.45, 2.75) is 0 Å². The molecule has 3 N–H and O–H groups in total. The molecule has 7 heteroatoms. The molecular formula is C8H11F2N3O2. The number of nitrogens with one attached hydrogen (secondary N) is 1. The van der Waals surface area contributed by atoms with Crippen molar-refractivity contribution in [2.75, 3.05) is 25.7 Å². The third kappa shape index (κ3) is 3.00. The van der Waals surface area contributed by atoms with Crippen LogP contribution >= 0.6 is 0 Å². The molecule has 0 radical (unpaired) electrons. The van der Waals surface area contributed by atoms with Crippen molar-refractivity contribution in [3.8, 4) is 5.88 Å². The van der Waals surface area contributed by atoms with Crippen LogP contribution in [-0.2, 0) is 4.74 Å². The van der Waals surface area contributed by atoms with Crippen LogP contribution in [0.2, 0.25) is 0 Å². The zero-order valence-electron chi connectivity index (χ0n) is 8.09. The second kappa shape index (κ2) is 5.42. The molecule has 0 spiro atoms. The van der Waals surface area contributed by atoms with Crippen molar-refractivity contribution < 1.29 is 18.3 Å². The van der Waals surface area contributed by atoms with E-state index in [9.17, 15) is 8.78 Å². The van der Waals surface area contributed by atoms with E-state index in [2.05, 4.69) is 4.98 Å². The van der Waals surface area contributed by atoms with E-state index in [0.29, 0.717) is 6.07 Å². The Morgan fingerprint density at radius 2 is 2.13 bits per heavy atom. The monoisotopic (exact) mass is 219 g/mol. The number of nitrogen functional groups attached to an aromatic ring is 1. The molecular weight excluding hydrogens is 208 g/mol. The van der Waals surface area contributed by atoms with Gasteiger partial charge < -0.3 is 14.9 Å². The Hall–Kier alpha value is -1.47. The van der Waals surface area contributed by atoms with Gasteiger partial charge in [0.15, 0.2) is 17.5 Å². The standard InChI is InChI=1S/C8H11F2N3O2/c1-14-2-3-15-8-6(10)4-5(9)7(12-8)13-11/h4H,2-3,11H2,1H3,(H,12,13). The van der Waals surface area contributed by atoms with Crippen LogP contribution in [0.25, 0.3) is 0 Å². The van der Waals surface area contributed by atoms with Gasteiger partial charge in [-0.3, -0.25) is 0 Å². The normalized spacial score (nSPS) is 10.1. The lowest BCUT2D eigenvalue weighted by Crippen LogP contribution is -2.13. The molecule has 0 bridgehead atoms. The lowest BCUT2D eigenvalue weighted by Gasteiger charge is -2.07. The zero-order chi connectivity index (χ0) is 11.3. The van der Waals surface area contributed by atoms with Gasteiger partial charge in [0.2, 0.25) is 0 Å². The number of anilines is 1. The number of aromatic nitrogens is 1. The first kappa shape index (κ1) is 11.6. The number of nitrogens with two attached hydrogens (primary N) is 1. The third-order valence-corrected chi connectivity index (χ3v) is 1.56. The maximum absolute atomic E-state index is 13.1. The van der Waals surface area contributed by atoms with Crippen molar-refractivity contribution in [3.05, 3.63) is 17.7 Å². The second-order valence-electron chi connectivity index (χ2n) is 2.59. The van der Waals surface area contributed by atoms with Gasteiger partial charge in [-0.2, -0.15) is 4.98 Å². The van der Waals surface area contributed by atoms with Crippen LogP contribution in [0.15, 0.2) is 6.07 Å². The molecule has 0 aliphatic carbocycles. The molecule has 1 aromatic heterocycles. The smallest absolute Gasteiger partial charge is 0.252 e. The van der Waals surface area contributed by atoms with Gasteiger partial charge >= 0.3 is 0 Å². The lowest BCUT2D eigenvalue weighted by molar-refractivity contribution is 0.141. The van der Waals surface area contributed by atoms with E-state index in [-0.39, 0.29) is 24.9 Å². The van der Waals surface area contributed by atoms with E-state index in [1.54, 1.807) is 0 Å². The Morgan fingerprint density at radius 1 is 1.40 bits per heavy atom. The van der Waals surface area contributed by atoms with Crippen LogP contribution in [0, 0.1) is 11.6 Å². The van der Waals surface area contributed by atoms with E-state index in [1.807, 2.05) is 5.43 Å². The number of halogens is 2. The van der Waals surface area contributed by atoms with Crippen LogP contribution in [0.4, 0.5) is 14.6 Å². The molecule has 0 aliphatic rings. The van der Waals surface area contributed by atoms with Crippen molar-refractivity contribution in [2.24, 2.45) is 5.84 Å². The molecule has 0 aromatic carbocycles. The quantitative estimate of drug-likeness (QED) is 0.432. The number of methoxy groups -OCH3 is 1. The highest BCUT2D eigenvalue weighted by molar-refractivity contribution is 5.38. The first-order chi connectivity index (χ1) is 7.19. The Balaban J connectivity index is 2.78. The molecule has 1 heterocycles. The summed E-state index contributed by atoms with van der Waals surface area (Å²) in [6.45, 7) is 0.403. The van der Waals surface area contributed by atoms with Crippen molar-refractivity contribution >= 4 is 5.82 Å². The highest BCUT2D eigenvalue weighted by Crippen LogP contribution is 2.19. The summed E-state index contributed by atoms with van der Waals surface area (Å²) >= 11 is 0. The van der Waals surface area contributed by atoms with E-state index in [1.165, 1.54) is 7.11 Å². The minimum absolute atomic E-state index is 0.121. The highest BCUT2D eigenvalue weighted by atomic mass is 19.1. The fraction of sp³-hybridized carbons (Fsp3) is 0.375. The van der Waals surface area contributed by atoms with Crippen LogP contribution in [0.1, 0.15) is 0 Å². The summed E-state index contributed by atoms with van der Waals surface area (Å²) in [5, 5.41) is 0. The molecule has 0 unspecified atom stereocenters. The average molecular weight is 219 g/mol. The van der Waals surface area contributed by atoms with Crippen LogP contribution in [0.5, 0.6) is 5.88 Å². The second-order valence-corrected chi connectivity index (χ2v) is 2.59. The highest BCUT2D eigenvalue weighted by Gasteiger charge is 2.11. The predicted molar refractivity (Wildman–Crippen MR) is 49.3 cm³/mol. The molecule has 0 fully saturated rings. The number of hydrogen-bond acceptors (Lipinski definition) is 5. The number of ether oxygens (including phenoxy) is 2. The first-order valence-electron chi connectivity index (χ1n) is 4.13. The molecule has 0 atom stereocenters. The number of rotatable bonds is 5. The number of pyridine rings is 1. The van der Waals surface area contributed by atoms with E-state index >= 15 is 0 Å². The summed E-state index contributed by atoms with van der Waals surface area (Å²) in [5.74, 6) is 2.61. The molecule has 1 aromatic rings. The van der Waals surface area contributed by atoms with Crippen molar-refractivity contribution in [1.29, 1.82) is 0 Å². The SMILES string of the molecule is COCCOc1nc(NN)c(F)cc1F. The number of hydrazine groups is 1. The van der Waals surface area contributed by atoms with Gasteiger partial charge in [0.25, 0.3) is 5.88 Å². The summed E-state index contributed by atoms with van der Waals surface area (Å²) in [7, 11) is 1.48.